The Morgan fingerprint density at radius 3 is 3.12 bits per heavy atom. The number of ether oxygens (including phenoxy) is 2. The maximum absolute atomic E-state index is 11.0. The summed E-state index contributed by atoms with van der Waals surface area (Å²) < 4.78 is 12.3. The van der Waals surface area contributed by atoms with Gasteiger partial charge in [-0.3, -0.25) is 9.36 Å². The number of fused-ring (bicyclic) bond motifs is 3. The molecule has 7 nitrogen and oxygen atoms in total. The number of aliphatic hydroxyl groups is 2. The molecule has 2 aliphatic heterocycles. The van der Waals surface area contributed by atoms with E-state index in [0.29, 0.717) is 0 Å². The van der Waals surface area contributed by atoms with Crippen LogP contribution in [0, 0.1) is 0 Å². The number of aromatic nitrogens is 2. The normalized spacial score (nSPS) is 35.6. The molecule has 7 heteroatoms. The average Bonchev–Trinajstić information content (AvgIpc) is 2.75. The van der Waals surface area contributed by atoms with Crippen LogP contribution in [-0.2, 0) is 4.74 Å². The molecule has 1 saturated heterocycles. The summed E-state index contributed by atoms with van der Waals surface area (Å²) in [5.74, 6) is 0. The lowest BCUT2D eigenvalue weighted by atomic mass is 10.1. The molecule has 1 unspecified atom stereocenters. The van der Waals surface area contributed by atoms with Crippen molar-refractivity contribution in [3.63, 3.8) is 0 Å². The van der Waals surface area contributed by atoms with Gasteiger partial charge >= 0.3 is 6.01 Å². The van der Waals surface area contributed by atoms with Gasteiger partial charge in [-0.25, -0.2) is 0 Å². The lowest BCUT2D eigenvalue weighted by Gasteiger charge is -2.13. The van der Waals surface area contributed by atoms with Gasteiger partial charge in [0.05, 0.1) is 6.61 Å². The van der Waals surface area contributed by atoms with Gasteiger partial charge in [0.2, 0.25) is 0 Å². The van der Waals surface area contributed by atoms with Crippen LogP contribution in [0.25, 0.3) is 0 Å². The smallest absolute Gasteiger partial charge is 0.302 e. The first kappa shape index (κ1) is 9.76. The number of nitrogens with zero attached hydrogens (tertiary/aromatic N) is 2. The first-order valence-corrected chi connectivity index (χ1v) is 4.91. The molecular weight excluding hydrogens is 216 g/mol. The Balaban J connectivity index is 1.99. The Hall–Kier alpha value is -1.44. The molecule has 0 radical (unpaired) electrons. The van der Waals surface area contributed by atoms with Crippen LogP contribution in [0.1, 0.15) is 6.23 Å². The minimum absolute atomic E-state index is 0.137. The maximum atomic E-state index is 11.0. The molecule has 2 aliphatic rings. The minimum Gasteiger partial charge on any atom is -0.453 e. The van der Waals surface area contributed by atoms with E-state index in [-0.39, 0.29) is 12.6 Å². The van der Waals surface area contributed by atoms with Crippen molar-refractivity contribution in [3.05, 3.63) is 22.6 Å². The van der Waals surface area contributed by atoms with Crippen molar-refractivity contribution in [3.8, 4) is 6.01 Å². The van der Waals surface area contributed by atoms with Gasteiger partial charge in [-0.15, -0.1) is 0 Å². The van der Waals surface area contributed by atoms with Crippen LogP contribution in [0.15, 0.2) is 17.1 Å². The molecule has 0 amide bonds. The molecule has 3 rings (SSSR count). The van der Waals surface area contributed by atoms with E-state index >= 15 is 0 Å². The fourth-order valence-electron chi connectivity index (χ4n) is 2.02. The van der Waals surface area contributed by atoms with E-state index in [1.165, 1.54) is 16.8 Å². The standard InChI is InChI=1S/C9H10N2O5/c12-3-4-6(14)7-8(15-4)11-2-1-5(13)10-9(11)16-7/h1-2,4,6-8,12,14H,3H2/t4?,6-,7+,8-/m1/s1. The van der Waals surface area contributed by atoms with E-state index in [0.717, 1.165) is 0 Å². The summed E-state index contributed by atoms with van der Waals surface area (Å²) in [5.41, 5.74) is -0.403. The quantitative estimate of drug-likeness (QED) is 0.590. The van der Waals surface area contributed by atoms with Crippen molar-refractivity contribution in [1.82, 2.24) is 9.55 Å². The topological polar surface area (TPSA) is 93.8 Å². The van der Waals surface area contributed by atoms with E-state index in [4.69, 9.17) is 14.6 Å². The summed E-state index contributed by atoms with van der Waals surface area (Å²) in [6, 6.07) is 1.43. The molecule has 1 aromatic rings. The van der Waals surface area contributed by atoms with Crippen molar-refractivity contribution in [2.24, 2.45) is 0 Å². The third-order valence-electron chi connectivity index (χ3n) is 2.81. The average molecular weight is 226 g/mol. The molecule has 2 N–H and O–H groups in total. The lowest BCUT2D eigenvalue weighted by Crippen LogP contribution is -2.34. The van der Waals surface area contributed by atoms with Crippen molar-refractivity contribution in [2.45, 2.75) is 24.5 Å². The highest BCUT2D eigenvalue weighted by Crippen LogP contribution is 2.38. The summed E-state index contributed by atoms with van der Waals surface area (Å²) in [4.78, 5) is 14.7. The summed E-state index contributed by atoms with van der Waals surface area (Å²) >= 11 is 0. The number of hydrogen-bond donors (Lipinski definition) is 2. The summed E-state index contributed by atoms with van der Waals surface area (Å²) in [7, 11) is 0. The summed E-state index contributed by atoms with van der Waals surface area (Å²) in [5, 5.41) is 18.7. The van der Waals surface area contributed by atoms with Crippen molar-refractivity contribution < 1.29 is 19.7 Å². The van der Waals surface area contributed by atoms with E-state index < -0.39 is 30.1 Å². The van der Waals surface area contributed by atoms with Crippen molar-refractivity contribution in [1.29, 1.82) is 0 Å². The predicted molar refractivity (Wildman–Crippen MR) is 49.9 cm³/mol. The van der Waals surface area contributed by atoms with Gasteiger partial charge in [0.1, 0.15) is 12.2 Å². The van der Waals surface area contributed by atoms with E-state index in [9.17, 15) is 9.90 Å². The Bertz CT molecular complexity index is 473. The lowest BCUT2D eigenvalue weighted by molar-refractivity contribution is -0.0434. The van der Waals surface area contributed by atoms with Crippen LogP contribution in [0.4, 0.5) is 0 Å². The highest BCUT2D eigenvalue weighted by molar-refractivity contribution is 5.10. The van der Waals surface area contributed by atoms with Crippen molar-refractivity contribution >= 4 is 0 Å². The molecule has 3 heterocycles. The summed E-state index contributed by atoms with van der Waals surface area (Å²) in [6.45, 7) is -0.277. The maximum Gasteiger partial charge on any atom is 0.302 e. The Labute approximate surface area is 89.9 Å². The zero-order valence-electron chi connectivity index (χ0n) is 8.18. The molecule has 1 fully saturated rings. The first-order chi connectivity index (χ1) is 7.70. The van der Waals surface area contributed by atoms with Gasteiger partial charge < -0.3 is 19.7 Å². The molecule has 0 spiro atoms. The van der Waals surface area contributed by atoms with Gasteiger partial charge in [-0.05, 0) is 0 Å². The Morgan fingerprint density at radius 2 is 2.38 bits per heavy atom. The zero-order chi connectivity index (χ0) is 11.3. The van der Waals surface area contributed by atoms with Gasteiger partial charge in [-0.2, -0.15) is 4.98 Å². The fraction of sp³-hybridized carbons (Fsp3) is 0.556. The second kappa shape index (κ2) is 3.27. The molecule has 0 aromatic carbocycles. The second-order valence-corrected chi connectivity index (χ2v) is 3.78. The largest absolute Gasteiger partial charge is 0.453 e. The van der Waals surface area contributed by atoms with Gasteiger partial charge in [0.15, 0.2) is 12.3 Å². The van der Waals surface area contributed by atoms with Crippen LogP contribution >= 0.6 is 0 Å². The third kappa shape index (κ3) is 1.19. The zero-order valence-corrected chi connectivity index (χ0v) is 8.18. The second-order valence-electron chi connectivity index (χ2n) is 3.78. The van der Waals surface area contributed by atoms with E-state index in [1.807, 2.05) is 0 Å². The number of rotatable bonds is 1. The third-order valence-corrected chi connectivity index (χ3v) is 2.81. The molecule has 16 heavy (non-hydrogen) atoms. The Morgan fingerprint density at radius 1 is 1.56 bits per heavy atom. The van der Waals surface area contributed by atoms with Gasteiger partial charge in [-0.1, -0.05) is 0 Å². The predicted octanol–water partition coefficient (Wildman–Crippen LogP) is -1.75. The van der Waals surface area contributed by atoms with Crippen LogP contribution in [-0.4, -0.2) is 44.7 Å². The van der Waals surface area contributed by atoms with E-state index in [1.54, 1.807) is 0 Å². The molecule has 0 bridgehead atoms. The van der Waals surface area contributed by atoms with Crippen LogP contribution in [0.3, 0.4) is 0 Å². The van der Waals surface area contributed by atoms with Crippen LogP contribution < -0.4 is 10.3 Å². The molecule has 86 valence electrons. The first-order valence-electron chi connectivity index (χ1n) is 4.91. The minimum atomic E-state index is -0.924. The molecule has 4 atom stereocenters. The molecule has 0 saturated carbocycles. The van der Waals surface area contributed by atoms with Crippen LogP contribution in [0.5, 0.6) is 6.01 Å². The molecule has 0 aliphatic carbocycles. The van der Waals surface area contributed by atoms with Crippen molar-refractivity contribution in [2.75, 3.05) is 6.61 Å². The van der Waals surface area contributed by atoms with Gasteiger partial charge in [0.25, 0.3) is 5.56 Å². The highest BCUT2D eigenvalue weighted by Gasteiger charge is 2.50. The number of aliphatic hydroxyl groups excluding tert-OH is 2. The molecular formula is C9H10N2O5. The van der Waals surface area contributed by atoms with E-state index in [2.05, 4.69) is 4.98 Å². The fourth-order valence-corrected chi connectivity index (χ4v) is 2.02. The van der Waals surface area contributed by atoms with Crippen LogP contribution in [0.2, 0.25) is 0 Å². The number of hydrogen-bond acceptors (Lipinski definition) is 6. The summed E-state index contributed by atoms with van der Waals surface area (Å²) in [6.07, 6.45) is -1.24. The highest BCUT2D eigenvalue weighted by atomic mass is 16.6. The Kier molecular flexibility index (Phi) is 2.00. The molecule has 1 aromatic heterocycles. The van der Waals surface area contributed by atoms with Gasteiger partial charge in [0, 0.05) is 12.3 Å². The monoisotopic (exact) mass is 226 g/mol. The SMILES string of the molecule is O=c1ccn2c(n1)O[C@H]1[C@H](O)C(CO)O[C@H]12.